The van der Waals surface area contributed by atoms with E-state index in [4.69, 9.17) is 25.9 Å². The van der Waals surface area contributed by atoms with Crippen LogP contribution < -0.4 is 10.5 Å². The quantitative estimate of drug-likeness (QED) is 0.528. The van der Waals surface area contributed by atoms with Gasteiger partial charge in [0.15, 0.2) is 0 Å². The topological polar surface area (TPSA) is 138 Å². The predicted molar refractivity (Wildman–Crippen MR) is 90.9 cm³/mol. The van der Waals surface area contributed by atoms with Crippen molar-refractivity contribution in [2.24, 2.45) is 5.14 Å². The fourth-order valence-corrected chi connectivity index (χ4v) is 3.02. The summed E-state index contributed by atoms with van der Waals surface area (Å²) in [7, 11) is -4.17. The average Bonchev–Trinajstić information content (AvgIpc) is 3.04. The van der Waals surface area contributed by atoms with E-state index in [0.717, 1.165) is 13.0 Å². The Bertz CT molecular complexity index is 910. The molecule has 0 saturated carbocycles. The first-order valence-corrected chi connectivity index (χ1v) is 9.04. The Hall–Kier alpha value is -2.56. The number of primary sulfonamides is 1. The molecule has 1 heterocycles. The van der Waals surface area contributed by atoms with Gasteiger partial charge in [0, 0.05) is 6.92 Å². The van der Waals surface area contributed by atoms with Crippen LogP contribution in [0.25, 0.3) is 0 Å². The van der Waals surface area contributed by atoms with E-state index in [1.54, 1.807) is 12.1 Å². The summed E-state index contributed by atoms with van der Waals surface area (Å²) in [6, 6.07) is 5.60. The van der Waals surface area contributed by atoms with Crippen molar-refractivity contribution < 1.29 is 31.9 Å². The number of benzene rings is 1. The van der Waals surface area contributed by atoms with Crippen LogP contribution in [0.2, 0.25) is 5.02 Å². The molecule has 0 unspecified atom stereocenters. The second-order valence-corrected chi connectivity index (χ2v) is 6.93. The van der Waals surface area contributed by atoms with Crippen LogP contribution in [0.4, 0.5) is 5.69 Å². The van der Waals surface area contributed by atoms with Crippen molar-refractivity contribution in [3.63, 3.8) is 0 Å². The lowest BCUT2D eigenvalue weighted by Gasteiger charge is -2.13. The predicted octanol–water partition coefficient (Wildman–Crippen LogP) is 1.87. The summed E-state index contributed by atoms with van der Waals surface area (Å²) in [6.07, 6.45) is 1.47. The van der Waals surface area contributed by atoms with E-state index in [1.165, 1.54) is 12.3 Å². The standard InChI is InChI=1S/C15H15ClN2O7S/c1-9(19)24-8-25-15(20)11-5-14(26(17,21)22)12(16)6-13(11)18-7-10-3-2-4-23-10/h2-6,18H,7-8H2,1H3,(H2,17,21,22). The zero-order valence-corrected chi connectivity index (χ0v) is 15.1. The Morgan fingerprint density at radius 3 is 2.62 bits per heavy atom. The molecule has 0 fully saturated rings. The Balaban J connectivity index is 2.33. The highest BCUT2D eigenvalue weighted by atomic mass is 35.5. The molecule has 140 valence electrons. The summed E-state index contributed by atoms with van der Waals surface area (Å²) in [5.41, 5.74) is 0.0313. The van der Waals surface area contributed by atoms with Crippen molar-refractivity contribution in [2.45, 2.75) is 18.4 Å². The highest BCUT2D eigenvalue weighted by Gasteiger charge is 2.22. The van der Waals surface area contributed by atoms with Crippen LogP contribution >= 0.6 is 11.6 Å². The molecule has 1 aromatic heterocycles. The summed E-state index contributed by atoms with van der Waals surface area (Å²) in [5.74, 6) is -1.01. The summed E-state index contributed by atoms with van der Waals surface area (Å²) in [4.78, 5) is 22.5. The van der Waals surface area contributed by atoms with Gasteiger partial charge in [0.1, 0.15) is 10.7 Å². The molecule has 0 bridgehead atoms. The number of nitrogens with one attached hydrogen (secondary N) is 1. The van der Waals surface area contributed by atoms with Crippen LogP contribution in [-0.4, -0.2) is 27.1 Å². The smallest absolute Gasteiger partial charge is 0.343 e. The minimum atomic E-state index is -4.17. The first-order valence-electron chi connectivity index (χ1n) is 7.11. The number of anilines is 1. The van der Waals surface area contributed by atoms with Gasteiger partial charge in [0.25, 0.3) is 0 Å². The van der Waals surface area contributed by atoms with Gasteiger partial charge in [-0.25, -0.2) is 18.4 Å². The SMILES string of the molecule is CC(=O)OCOC(=O)c1cc(S(N)(=O)=O)c(Cl)cc1NCc1ccco1. The third-order valence-corrected chi connectivity index (χ3v) is 4.46. The molecule has 0 aliphatic carbocycles. The number of furan rings is 1. The number of nitrogens with two attached hydrogens (primary N) is 1. The Morgan fingerprint density at radius 2 is 2.04 bits per heavy atom. The Kier molecular flexibility index (Phi) is 6.24. The second-order valence-electron chi connectivity index (χ2n) is 4.99. The van der Waals surface area contributed by atoms with Crippen molar-refractivity contribution in [3.05, 3.63) is 46.9 Å². The second kappa shape index (κ2) is 8.21. The molecule has 0 spiro atoms. The van der Waals surface area contributed by atoms with Gasteiger partial charge in [0.05, 0.1) is 29.1 Å². The number of hydrogen-bond acceptors (Lipinski definition) is 8. The minimum Gasteiger partial charge on any atom is -0.467 e. The molecule has 0 amide bonds. The molecule has 3 N–H and O–H groups in total. The van der Waals surface area contributed by atoms with Gasteiger partial charge in [0.2, 0.25) is 16.8 Å². The molecule has 2 rings (SSSR count). The lowest BCUT2D eigenvalue weighted by molar-refractivity contribution is -0.149. The maximum Gasteiger partial charge on any atom is 0.343 e. The van der Waals surface area contributed by atoms with Crippen molar-refractivity contribution in [1.82, 2.24) is 0 Å². The van der Waals surface area contributed by atoms with E-state index >= 15 is 0 Å². The molecule has 1 aromatic carbocycles. The van der Waals surface area contributed by atoms with E-state index in [1.807, 2.05) is 0 Å². The minimum absolute atomic E-state index is 0.155. The van der Waals surface area contributed by atoms with E-state index in [-0.39, 0.29) is 22.8 Å². The number of halogens is 1. The van der Waals surface area contributed by atoms with Crippen molar-refractivity contribution in [3.8, 4) is 0 Å². The zero-order valence-electron chi connectivity index (χ0n) is 13.5. The fraction of sp³-hybridized carbons (Fsp3) is 0.200. The summed E-state index contributed by atoms with van der Waals surface area (Å²) in [5, 5.41) is 7.82. The van der Waals surface area contributed by atoms with Gasteiger partial charge in [-0.15, -0.1) is 0 Å². The molecule has 0 aliphatic heterocycles. The number of esters is 2. The van der Waals surface area contributed by atoms with E-state index < -0.39 is 33.7 Å². The first kappa shape index (κ1) is 19.8. The third-order valence-electron chi connectivity index (χ3n) is 3.08. The molecule has 0 saturated heterocycles. The zero-order chi connectivity index (χ0) is 19.3. The number of rotatable bonds is 7. The van der Waals surface area contributed by atoms with Gasteiger partial charge in [-0.1, -0.05) is 11.6 Å². The van der Waals surface area contributed by atoms with Crippen molar-refractivity contribution >= 4 is 39.3 Å². The highest BCUT2D eigenvalue weighted by Crippen LogP contribution is 2.29. The van der Waals surface area contributed by atoms with Gasteiger partial charge in [-0.3, -0.25) is 4.79 Å². The number of carbonyl (C=O) groups is 2. The van der Waals surface area contributed by atoms with Gasteiger partial charge >= 0.3 is 11.9 Å². The maximum atomic E-state index is 12.2. The first-order chi connectivity index (χ1) is 12.2. The molecular formula is C15H15ClN2O7S. The number of hydrogen-bond donors (Lipinski definition) is 2. The van der Waals surface area contributed by atoms with Crippen molar-refractivity contribution in [1.29, 1.82) is 0 Å². The fourth-order valence-electron chi connectivity index (χ4n) is 1.93. The number of ether oxygens (including phenoxy) is 2. The highest BCUT2D eigenvalue weighted by molar-refractivity contribution is 7.89. The third kappa shape index (κ3) is 5.22. The lowest BCUT2D eigenvalue weighted by Crippen LogP contribution is -2.17. The summed E-state index contributed by atoms with van der Waals surface area (Å²) in [6.45, 7) is 0.715. The van der Waals surface area contributed by atoms with Crippen LogP contribution in [0.15, 0.2) is 39.8 Å². The molecule has 26 heavy (non-hydrogen) atoms. The van der Waals surface area contributed by atoms with Crippen LogP contribution in [0.5, 0.6) is 0 Å². The van der Waals surface area contributed by atoms with Gasteiger partial charge in [-0.05, 0) is 24.3 Å². The summed E-state index contributed by atoms with van der Waals surface area (Å²) < 4.78 is 37.7. The molecule has 0 radical (unpaired) electrons. The molecule has 0 aliphatic rings. The van der Waals surface area contributed by atoms with Crippen LogP contribution in [0.1, 0.15) is 23.0 Å². The van der Waals surface area contributed by atoms with Crippen molar-refractivity contribution in [2.75, 3.05) is 12.1 Å². The number of carbonyl (C=O) groups excluding carboxylic acids is 2. The van der Waals surface area contributed by atoms with Crippen LogP contribution in [0, 0.1) is 0 Å². The molecular weight excluding hydrogens is 388 g/mol. The Labute approximate surface area is 154 Å². The van der Waals surface area contributed by atoms with Crippen LogP contribution in [0.3, 0.4) is 0 Å². The van der Waals surface area contributed by atoms with E-state index in [9.17, 15) is 18.0 Å². The summed E-state index contributed by atoms with van der Waals surface area (Å²) >= 11 is 5.95. The average molecular weight is 403 g/mol. The molecule has 2 aromatic rings. The Morgan fingerprint density at radius 1 is 1.31 bits per heavy atom. The molecule has 0 atom stereocenters. The normalized spacial score (nSPS) is 11.0. The molecule has 11 heteroatoms. The van der Waals surface area contributed by atoms with Gasteiger partial charge in [-0.2, -0.15) is 0 Å². The van der Waals surface area contributed by atoms with E-state index in [0.29, 0.717) is 5.76 Å². The maximum absolute atomic E-state index is 12.2. The lowest BCUT2D eigenvalue weighted by atomic mass is 10.1. The monoisotopic (exact) mass is 402 g/mol. The van der Waals surface area contributed by atoms with Gasteiger partial charge < -0.3 is 19.2 Å². The number of sulfonamides is 1. The molecule has 9 nitrogen and oxygen atoms in total. The van der Waals surface area contributed by atoms with Crippen LogP contribution in [-0.2, 0) is 30.8 Å². The largest absolute Gasteiger partial charge is 0.467 e. The van der Waals surface area contributed by atoms with E-state index in [2.05, 4.69) is 10.1 Å².